The van der Waals surface area contributed by atoms with E-state index >= 15 is 0 Å². The van der Waals surface area contributed by atoms with Crippen molar-refractivity contribution in [1.29, 1.82) is 5.26 Å². The highest BCUT2D eigenvalue weighted by molar-refractivity contribution is 6.18. The number of hydrogen-bond donors (Lipinski definition) is 3. The van der Waals surface area contributed by atoms with Crippen LogP contribution in [0.5, 0.6) is 5.75 Å². The van der Waals surface area contributed by atoms with E-state index in [-0.39, 0.29) is 18.8 Å². The van der Waals surface area contributed by atoms with Crippen molar-refractivity contribution < 1.29 is 23.5 Å². The Balaban J connectivity index is 1.56. The maximum atomic E-state index is 12.5. The number of nitrogens with zero attached hydrogens (tertiary/aromatic N) is 2. The lowest BCUT2D eigenvalue weighted by molar-refractivity contribution is 0.110. The number of nitrogens with one attached hydrogen (secondary N) is 3. The van der Waals surface area contributed by atoms with Gasteiger partial charge < -0.3 is 29.8 Å². The number of nitriles is 1. The summed E-state index contributed by atoms with van der Waals surface area (Å²) in [5, 5.41) is 16.8. The third-order valence-corrected chi connectivity index (χ3v) is 4.89. The Bertz CT molecular complexity index is 1160. The van der Waals surface area contributed by atoms with Gasteiger partial charge in [0, 0.05) is 24.0 Å². The molecule has 0 aliphatic carbocycles. The van der Waals surface area contributed by atoms with Crippen LogP contribution in [0.25, 0.3) is 11.3 Å². The molecule has 3 amide bonds. The van der Waals surface area contributed by atoms with Crippen LogP contribution in [0.15, 0.2) is 59.5 Å². The van der Waals surface area contributed by atoms with Crippen LogP contribution in [-0.4, -0.2) is 36.2 Å². The average molecular weight is 484 g/mol. The van der Waals surface area contributed by atoms with Gasteiger partial charge in [0.25, 0.3) is 0 Å². The van der Waals surface area contributed by atoms with Gasteiger partial charge in [-0.3, -0.25) is 0 Å². The molecule has 3 N–H and O–H groups in total. The van der Waals surface area contributed by atoms with Crippen LogP contribution in [0.4, 0.5) is 21.0 Å². The summed E-state index contributed by atoms with van der Waals surface area (Å²) >= 11 is 5.67. The first-order valence-electron chi connectivity index (χ1n) is 10.1. The molecule has 0 fully saturated rings. The van der Waals surface area contributed by atoms with E-state index in [1.807, 2.05) is 6.07 Å². The summed E-state index contributed by atoms with van der Waals surface area (Å²) < 4.78 is 15.8. The molecule has 1 atom stereocenters. The fourth-order valence-electron chi connectivity index (χ4n) is 2.97. The molecular weight excluding hydrogens is 462 g/mol. The normalized spacial score (nSPS) is 11.1. The number of aromatic nitrogens is 1. The summed E-state index contributed by atoms with van der Waals surface area (Å²) in [6, 6.07) is 13.5. The lowest BCUT2D eigenvalue weighted by atomic mass is 10.1. The van der Waals surface area contributed by atoms with E-state index in [2.05, 4.69) is 20.9 Å². The van der Waals surface area contributed by atoms with E-state index in [0.29, 0.717) is 28.4 Å². The van der Waals surface area contributed by atoms with E-state index in [1.54, 1.807) is 48.7 Å². The number of halogens is 1. The number of anilines is 2. The van der Waals surface area contributed by atoms with Gasteiger partial charge in [0.1, 0.15) is 11.9 Å². The quantitative estimate of drug-likeness (QED) is 0.373. The molecular formula is C23H22ClN5O5. The molecule has 34 heavy (non-hydrogen) atoms. The van der Waals surface area contributed by atoms with Gasteiger partial charge in [0.05, 0.1) is 37.2 Å². The van der Waals surface area contributed by atoms with Gasteiger partial charge in [-0.05, 0) is 29.8 Å². The number of urea groups is 1. The molecule has 0 bridgehead atoms. The number of hydrogen-bond acceptors (Lipinski definition) is 7. The third-order valence-electron chi connectivity index (χ3n) is 4.54. The number of alkyl carbamates (subject to hydrolysis) is 1. The van der Waals surface area contributed by atoms with Gasteiger partial charge in [-0.25, -0.2) is 14.6 Å². The van der Waals surface area contributed by atoms with Crippen LogP contribution >= 0.6 is 11.6 Å². The van der Waals surface area contributed by atoms with Crippen molar-refractivity contribution in [2.45, 2.75) is 19.1 Å². The predicted octanol–water partition coefficient (Wildman–Crippen LogP) is 4.74. The molecule has 0 saturated carbocycles. The molecule has 3 rings (SSSR count). The molecule has 1 heterocycles. The minimum Gasteiger partial charge on any atom is -0.496 e. The molecule has 0 aliphatic rings. The Hall–Kier alpha value is -4.23. The number of rotatable bonds is 9. The molecule has 0 radical (unpaired) electrons. The van der Waals surface area contributed by atoms with Crippen LogP contribution in [0.1, 0.15) is 12.0 Å². The molecule has 0 aliphatic heterocycles. The Morgan fingerprint density at radius 3 is 2.68 bits per heavy atom. The zero-order chi connectivity index (χ0) is 24.3. The Morgan fingerprint density at radius 1 is 1.21 bits per heavy atom. The van der Waals surface area contributed by atoms with E-state index in [0.717, 1.165) is 5.56 Å². The first kappa shape index (κ1) is 24.4. The maximum absolute atomic E-state index is 12.5. The van der Waals surface area contributed by atoms with Crippen LogP contribution in [0.2, 0.25) is 0 Å². The minimum absolute atomic E-state index is 0.0140. The van der Waals surface area contributed by atoms with E-state index in [9.17, 15) is 9.59 Å². The van der Waals surface area contributed by atoms with Crippen LogP contribution in [-0.2, 0) is 11.3 Å². The fourth-order valence-corrected chi connectivity index (χ4v) is 3.14. The number of amides is 3. The molecule has 2 aromatic carbocycles. The van der Waals surface area contributed by atoms with Gasteiger partial charge >= 0.3 is 12.1 Å². The van der Waals surface area contributed by atoms with Gasteiger partial charge in [-0.1, -0.05) is 12.1 Å². The van der Waals surface area contributed by atoms with Gasteiger partial charge in [-0.2, -0.15) is 5.26 Å². The number of benzene rings is 2. The maximum Gasteiger partial charge on any atom is 0.407 e. The SMILES string of the molecule is COc1cc(NC(=O)Nc2cccc(CNC(=O)O[C@H](CCl)CC#N)c2)ccc1-c1cnco1. The highest BCUT2D eigenvalue weighted by Crippen LogP contribution is 2.32. The van der Waals surface area contributed by atoms with Gasteiger partial charge in [-0.15, -0.1) is 11.6 Å². The second-order valence-electron chi connectivity index (χ2n) is 6.96. The Morgan fingerprint density at radius 2 is 2.00 bits per heavy atom. The Labute approximate surface area is 200 Å². The van der Waals surface area contributed by atoms with Crippen molar-refractivity contribution in [3.8, 4) is 23.1 Å². The second kappa shape index (κ2) is 12.1. The summed E-state index contributed by atoms with van der Waals surface area (Å²) in [7, 11) is 1.52. The summed E-state index contributed by atoms with van der Waals surface area (Å²) in [6.07, 6.45) is 1.56. The molecule has 0 saturated heterocycles. The van der Waals surface area contributed by atoms with Crippen molar-refractivity contribution in [1.82, 2.24) is 10.3 Å². The number of carbonyl (C=O) groups excluding carboxylic acids is 2. The molecule has 11 heteroatoms. The molecule has 0 spiro atoms. The molecule has 10 nitrogen and oxygen atoms in total. The highest BCUT2D eigenvalue weighted by Gasteiger charge is 2.14. The van der Waals surface area contributed by atoms with E-state index in [4.69, 9.17) is 30.8 Å². The second-order valence-corrected chi connectivity index (χ2v) is 7.27. The third kappa shape index (κ3) is 6.88. The summed E-state index contributed by atoms with van der Waals surface area (Å²) in [6.45, 7) is 0.165. The first-order valence-corrected chi connectivity index (χ1v) is 10.7. The number of methoxy groups -OCH3 is 1. The van der Waals surface area contributed by atoms with Crippen molar-refractivity contribution >= 4 is 35.1 Å². The standard InChI is InChI=1S/C23H22ClN5O5/c1-32-20-10-17(5-6-19(20)21-13-26-14-33-21)29-22(30)28-16-4-2-3-15(9-16)12-27-23(31)34-18(11-24)7-8-25/h2-6,9-10,13-14,18H,7,11-12H2,1H3,(H,27,31)(H2,28,29,30)/t18-/m0/s1. The topological polar surface area (TPSA) is 139 Å². The summed E-state index contributed by atoms with van der Waals surface area (Å²) in [4.78, 5) is 28.2. The van der Waals surface area contributed by atoms with Crippen molar-refractivity contribution in [3.05, 3.63) is 60.6 Å². The van der Waals surface area contributed by atoms with Crippen molar-refractivity contribution in [3.63, 3.8) is 0 Å². The molecule has 3 aromatic rings. The average Bonchev–Trinajstić information content (AvgIpc) is 3.37. The smallest absolute Gasteiger partial charge is 0.407 e. The fraction of sp³-hybridized carbons (Fsp3) is 0.217. The van der Waals surface area contributed by atoms with Crippen molar-refractivity contribution in [2.24, 2.45) is 0 Å². The zero-order valence-electron chi connectivity index (χ0n) is 18.2. The highest BCUT2D eigenvalue weighted by atomic mass is 35.5. The van der Waals surface area contributed by atoms with Crippen LogP contribution < -0.4 is 20.7 Å². The van der Waals surface area contributed by atoms with Gasteiger partial charge in [0.15, 0.2) is 12.2 Å². The lowest BCUT2D eigenvalue weighted by Gasteiger charge is -2.13. The number of ether oxygens (including phenoxy) is 2. The first-order chi connectivity index (χ1) is 16.5. The molecule has 176 valence electrons. The van der Waals surface area contributed by atoms with Crippen LogP contribution in [0.3, 0.4) is 0 Å². The predicted molar refractivity (Wildman–Crippen MR) is 126 cm³/mol. The number of alkyl halides is 1. The minimum atomic E-state index is -0.681. The summed E-state index contributed by atoms with van der Waals surface area (Å²) in [5.74, 6) is 1.09. The van der Waals surface area contributed by atoms with E-state index < -0.39 is 18.2 Å². The van der Waals surface area contributed by atoms with Gasteiger partial charge in [0.2, 0.25) is 0 Å². The lowest BCUT2D eigenvalue weighted by Crippen LogP contribution is -2.29. The van der Waals surface area contributed by atoms with Crippen molar-refractivity contribution in [2.75, 3.05) is 23.6 Å². The molecule has 0 unspecified atom stereocenters. The van der Waals surface area contributed by atoms with E-state index in [1.165, 1.54) is 13.5 Å². The zero-order valence-corrected chi connectivity index (χ0v) is 19.0. The number of carbonyl (C=O) groups is 2. The largest absolute Gasteiger partial charge is 0.496 e. The monoisotopic (exact) mass is 483 g/mol. The summed E-state index contributed by atoms with van der Waals surface area (Å²) in [5.41, 5.74) is 2.48. The van der Waals surface area contributed by atoms with Crippen LogP contribution in [0, 0.1) is 11.3 Å². The Kier molecular flexibility index (Phi) is 8.71. The number of oxazole rings is 1. The molecule has 1 aromatic heterocycles.